The lowest BCUT2D eigenvalue weighted by molar-refractivity contribution is 0.102. The van der Waals surface area contributed by atoms with Gasteiger partial charge in [-0.15, -0.1) is 0 Å². The summed E-state index contributed by atoms with van der Waals surface area (Å²) in [7, 11) is 1.52. The Kier molecular flexibility index (Phi) is 4.29. The highest BCUT2D eigenvalue weighted by atomic mass is 79.9. The van der Waals surface area contributed by atoms with Crippen molar-refractivity contribution in [2.45, 2.75) is 6.92 Å². The van der Waals surface area contributed by atoms with Crippen molar-refractivity contribution in [1.29, 1.82) is 0 Å². The van der Waals surface area contributed by atoms with Crippen molar-refractivity contribution in [3.63, 3.8) is 0 Å². The smallest absolute Gasteiger partial charge is 0.259 e. The molecule has 5 heteroatoms. The van der Waals surface area contributed by atoms with Crippen LogP contribution in [0.25, 0.3) is 0 Å². The van der Waals surface area contributed by atoms with Crippen LogP contribution in [-0.4, -0.2) is 18.1 Å². The van der Waals surface area contributed by atoms with Gasteiger partial charge in [-0.05, 0) is 48.9 Å². The zero-order chi connectivity index (χ0) is 14.7. The third kappa shape index (κ3) is 3.11. The molecule has 0 spiro atoms. The van der Waals surface area contributed by atoms with Crippen molar-refractivity contribution in [3.05, 3.63) is 52.0 Å². The first-order valence-electron chi connectivity index (χ1n) is 5.96. The quantitative estimate of drug-likeness (QED) is 0.840. The number of carbonyl (C=O) groups excluding carboxylic acids is 1. The molecule has 0 heterocycles. The molecule has 2 rings (SSSR count). The number of hydrogen-bond donors (Lipinski definition) is 2. The molecule has 0 radical (unpaired) electrons. The van der Waals surface area contributed by atoms with E-state index >= 15 is 0 Å². The fraction of sp³-hybridized carbons (Fsp3) is 0.133. The van der Waals surface area contributed by atoms with Crippen LogP contribution in [0.4, 0.5) is 5.69 Å². The molecule has 0 bridgehead atoms. The van der Waals surface area contributed by atoms with Gasteiger partial charge in [0.1, 0.15) is 11.5 Å². The largest absolute Gasteiger partial charge is 0.508 e. The van der Waals surface area contributed by atoms with E-state index in [1.165, 1.54) is 13.2 Å². The van der Waals surface area contributed by atoms with E-state index in [4.69, 9.17) is 4.74 Å². The first kappa shape index (κ1) is 14.4. The number of carbonyl (C=O) groups is 1. The number of benzene rings is 2. The van der Waals surface area contributed by atoms with E-state index < -0.39 is 0 Å². The summed E-state index contributed by atoms with van der Waals surface area (Å²) in [6, 6.07) is 9.98. The molecule has 4 nitrogen and oxygen atoms in total. The van der Waals surface area contributed by atoms with Gasteiger partial charge in [-0.25, -0.2) is 0 Å². The molecule has 0 fully saturated rings. The predicted octanol–water partition coefficient (Wildman–Crippen LogP) is 3.72. The lowest BCUT2D eigenvalue weighted by Gasteiger charge is -2.11. The number of nitrogens with one attached hydrogen (secondary N) is 1. The molecule has 20 heavy (non-hydrogen) atoms. The van der Waals surface area contributed by atoms with Crippen molar-refractivity contribution in [2.24, 2.45) is 0 Å². The number of anilines is 1. The summed E-state index contributed by atoms with van der Waals surface area (Å²) in [6.07, 6.45) is 0. The van der Waals surface area contributed by atoms with Crippen LogP contribution < -0.4 is 10.1 Å². The summed E-state index contributed by atoms with van der Waals surface area (Å²) < 4.78 is 6.04. The van der Waals surface area contributed by atoms with Crippen LogP contribution in [0.15, 0.2) is 40.9 Å². The second-order valence-electron chi connectivity index (χ2n) is 4.30. The van der Waals surface area contributed by atoms with Crippen LogP contribution in [0, 0.1) is 6.92 Å². The van der Waals surface area contributed by atoms with E-state index in [1.807, 2.05) is 6.92 Å². The van der Waals surface area contributed by atoms with Gasteiger partial charge in [-0.3, -0.25) is 4.79 Å². The highest BCUT2D eigenvalue weighted by Gasteiger charge is 2.13. The van der Waals surface area contributed by atoms with Gasteiger partial charge < -0.3 is 15.2 Å². The molecule has 0 aliphatic heterocycles. The average molecular weight is 336 g/mol. The van der Waals surface area contributed by atoms with Gasteiger partial charge in [0.2, 0.25) is 0 Å². The molecule has 0 unspecified atom stereocenters. The lowest BCUT2D eigenvalue weighted by Crippen LogP contribution is -2.13. The summed E-state index contributed by atoms with van der Waals surface area (Å²) in [5.41, 5.74) is 1.88. The fourth-order valence-electron chi connectivity index (χ4n) is 1.83. The Labute approximate surface area is 125 Å². The van der Waals surface area contributed by atoms with Crippen LogP contribution in [0.1, 0.15) is 15.9 Å². The molecule has 0 aliphatic rings. The number of hydrogen-bond acceptors (Lipinski definition) is 3. The number of rotatable bonds is 3. The summed E-state index contributed by atoms with van der Waals surface area (Å²) in [5, 5.41) is 12.2. The molecule has 0 aliphatic carbocycles. The molecule has 1 amide bonds. The van der Waals surface area contributed by atoms with E-state index in [9.17, 15) is 9.90 Å². The molecule has 0 aromatic heterocycles. The standard InChI is InChI=1S/C15H14BrNO3/c1-9-7-11(18)4-6-13(9)17-15(19)12-5-3-10(16)8-14(12)20-2/h3-8,18H,1-2H3,(H,17,19). The highest BCUT2D eigenvalue weighted by molar-refractivity contribution is 9.10. The minimum absolute atomic E-state index is 0.168. The second-order valence-corrected chi connectivity index (χ2v) is 5.21. The maximum atomic E-state index is 12.3. The molecule has 0 saturated heterocycles. The van der Waals surface area contributed by atoms with Crippen molar-refractivity contribution in [2.75, 3.05) is 12.4 Å². The van der Waals surface area contributed by atoms with Gasteiger partial charge in [-0.2, -0.15) is 0 Å². The number of phenolic OH excluding ortho intramolecular Hbond substituents is 1. The van der Waals surface area contributed by atoms with Gasteiger partial charge in [0, 0.05) is 10.2 Å². The zero-order valence-electron chi connectivity index (χ0n) is 11.1. The number of aromatic hydroxyl groups is 1. The van der Waals surface area contributed by atoms with E-state index in [-0.39, 0.29) is 11.7 Å². The Balaban J connectivity index is 2.28. The maximum Gasteiger partial charge on any atom is 0.259 e. The number of halogens is 1. The normalized spacial score (nSPS) is 10.2. The molecular weight excluding hydrogens is 322 g/mol. The number of amides is 1. The zero-order valence-corrected chi connectivity index (χ0v) is 12.7. The SMILES string of the molecule is COc1cc(Br)ccc1C(=O)Nc1ccc(O)cc1C. The van der Waals surface area contributed by atoms with Crippen molar-refractivity contribution >= 4 is 27.5 Å². The molecular formula is C15H14BrNO3. The second kappa shape index (κ2) is 5.96. The van der Waals surface area contributed by atoms with E-state index in [0.717, 1.165) is 10.0 Å². The highest BCUT2D eigenvalue weighted by Crippen LogP contribution is 2.26. The molecule has 2 N–H and O–H groups in total. The van der Waals surface area contributed by atoms with Gasteiger partial charge in [0.05, 0.1) is 12.7 Å². The van der Waals surface area contributed by atoms with Crippen LogP contribution in [-0.2, 0) is 0 Å². The van der Waals surface area contributed by atoms with E-state index in [2.05, 4.69) is 21.2 Å². The van der Waals surface area contributed by atoms with Crippen LogP contribution >= 0.6 is 15.9 Å². The summed E-state index contributed by atoms with van der Waals surface area (Å²) in [5.74, 6) is 0.401. The number of methoxy groups -OCH3 is 1. The molecule has 0 atom stereocenters. The van der Waals surface area contributed by atoms with Gasteiger partial charge in [0.25, 0.3) is 5.91 Å². The minimum atomic E-state index is -0.261. The Hall–Kier alpha value is -2.01. The van der Waals surface area contributed by atoms with Crippen molar-refractivity contribution in [1.82, 2.24) is 0 Å². The first-order chi connectivity index (χ1) is 9.51. The Morgan fingerprint density at radius 1 is 1.25 bits per heavy atom. The Bertz CT molecular complexity index is 656. The van der Waals surface area contributed by atoms with Gasteiger partial charge >= 0.3 is 0 Å². The summed E-state index contributed by atoms with van der Waals surface area (Å²) in [6.45, 7) is 1.81. The lowest BCUT2D eigenvalue weighted by atomic mass is 10.1. The first-order valence-corrected chi connectivity index (χ1v) is 6.75. The van der Waals surface area contributed by atoms with E-state index in [0.29, 0.717) is 17.0 Å². The minimum Gasteiger partial charge on any atom is -0.508 e. The number of phenols is 1. The van der Waals surface area contributed by atoms with Crippen molar-refractivity contribution < 1.29 is 14.6 Å². The molecule has 0 saturated carbocycles. The van der Waals surface area contributed by atoms with Crippen LogP contribution in [0.2, 0.25) is 0 Å². The summed E-state index contributed by atoms with van der Waals surface area (Å²) >= 11 is 3.33. The Morgan fingerprint density at radius 3 is 2.65 bits per heavy atom. The topological polar surface area (TPSA) is 58.6 Å². The van der Waals surface area contributed by atoms with Gasteiger partial charge in [0.15, 0.2) is 0 Å². The number of ether oxygens (including phenoxy) is 1. The van der Waals surface area contributed by atoms with E-state index in [1.54, 1.807) is 30.3 Å². The van der Waals surface area contributed by atoms with Crippen molar-refractivity contribution in [3.8, 4) is 11.5 Å². The maximum absolute atomic E-state index is 12.3. The monoisotopic (exact) mass is 335 g/mol. The third-order valence-corrected chi connectivity index (χ3v) is 3.36. The van der Waals surface area contributed by atoms with Gasteiger partial charge in [-0.1, -0.05) is 15.9 Å². The van der Waals surface area contributed by atoms with Crippen LogP contribution in [0.3, 0.4) is 0 Å². The molecule has 104 valence electrons. The molecule has 2 aromatic rings. The fourth-order valence-corrected chi connectivity index (χ4v) is 2.17. The molecule has 2 aromatic carbocycles. The van der Waals surface area contributed by atoms with Crippen LogP contribution in [0.5, 0.6) is 11.5 Å². The third-order valence-electron chi connectivity index (χ3n) is 2.87. The predicted molar refractivity (Wildman–Crippen MR) is 81.5 cm³/mol. The Morgan fingerprint density at radius 2 is 2.00 bits per heavy atom. The summed E-state index contributed by atoms with van der Waals surface area (Å²) in [4.78, 5) is 12.3. The number of aryl methyl sites for hydroxylation is 1. The average Bonchev–Trinajstić information content (AvgIpc) is 2.41.